The van der Waals surface area contributed by atoms with Gasteiger partial charge in [-0.3, -0.25) is 4.79 Å². The van der Waals surface area contributed by atoms with E-state index in [1.807, 2.05) is 35.0 Å². The minimum Gasteiger partial charge on any atom is -0.350 e. The van der Waals surface area contributed by atoms with E-state index in [0.717, 1.165) is 30.9 Å². The summed E-state index contributed by atoms with van der Waals surface area (Å²) >= 11 is 0. The molecule has 2 fully saturated rings. The van der Waals surface area contributed by atoms with Crippen molar-refractivity contribution in [2.45, 2.75) is 32.2 Å². The number of nitrogens with zero attached hydrogens (tertiary/aromatic N) is 2. The summed E-state index contributed by atoms with van der Waals surface area (Å²) in [4.78, 5) is 17.3. The molecule has 1 aliphatic carbocycles. The second kappa shape index (κ2) is 5.39. The molecule has 1 saturated carbocycles. The van der Waals surface area contributed by atoms with E-state index >= 15 is 0 Å². The van der Waals surface area contributed by atoms with Gasteiger partial charge in [-0.2, -0.15) is 0 Å². The van der Waals surface area contributed by atoms with Crippen LogP contribution in [0.4, 0.5) is 0 Å². The van der Waals surface area contributed by atoms with Gasteiger partial charge in [-0.15, -0.1) is 0 Å². The summed E-state index contributed by atoms with van der Waals surface area (Å²) in [7, 11) is 0. The lowest BCUT2D eigenvalue weighted by molar-refractivity contribution is -0.134. The number of carbonyl (C=O) groups is 1. The molecule has 1 saturated heterocycles. The molecule has 0 bridgehead atoms. The van der Waals surface area contributed by atoms with Crippen LogP contribution in [-0.4, -0.2) is 28.4 Å². The lowest BCUT2D eigenvalue weighted by Crippen LogP contribution is -2.47. The van der Waals surface area contributed by atoms with E-state index in [0.29, 0.717) is 12.5 Å². The number of hydrogen-bond donors (Lipinski definition) is 2. The highest BCUT2D eigenvalue weighted by Gasteiger charge is 2.49. The number of fused-ring (bicyclic) bond motifs is 2. The monoisotopic (exact) mass is 298 g/mol. The van der Waals surface area contributed by atoms with Crippen molar-refractivity contribution in [3.8, 4) is 0 Å². The number of pyridine rings is 1. The van der Waals surface area contributed by atoms with Gasteiger partial charge in [0.15, 0.2) is 0 Å². The van der Waals surface area contributed by atoms with Crippen LogP contribution in [0, 0.1) is 11.3 Å². The predicted octanol–water partition coefficient (Wildman–Crippen LogP) is 1.73. The average Bonchev–Trinajstić information content (AvgIpc) is 3.16. The van der Waals surface area contributed by atoms with Gasteiger partial charge in [0.2, 0.25) is 5.91 Å². The van der Waals surface area contributed by atoms with Crippen molar-refractivity contribution in [3.63, 3.8) is 0 Å². The summed E-state index contributed by atoms with van der Waals surface area (Å²) in [6.07, 6.45) is 8.58. The van der Waals surface area contributed by atoms with Crippen molar-refractivity contribution < 1.29 is 4.79 Å². The lowest BCUT2D eigenvalue weighted by atomic mass is 9.67. The minimum atomic E-state index is -0.183. The van der Waals surface area contributed by atoms with Gasteiger partial charge < -0.3 is 15.0 Å². The number of carbonyl (C=O) groups excluding carboxylic acids is 1. The van der Waals surface area contributed by atoms with E-state index in [1.165, 1.54) is 19.3 Å². The maximum Gasteiger partial charge on any atom is 0.228 e. The summed E-state index contributed by atoms with van der Waals surface area (Å²) in [5.74, 6) is 0.710. The fourth-order valence-corrected chi connectivity index (χ4v) is 4.11. The molecule has 1 aliphatic heterocycles. The van der Waals surface area contributed by atoms with Crippen molar-refractivity contribution in [1.29, 1.82) is 0 Å². The van der Waals surface area contributed by atoms with Gasteiger partial charge in [0.1, 0.15) is 5.65 Å². The Balaban J connectivity index is 1.47. The quantitative estimate of drug-likeness (QED) is 0.907. The first-order valence-electron chi connectivity index (χ1n) is 8.20. The Hall–Kier alpha value is -1.88. The van der Waals surface area contributed by atoms with Gasteiger partial charge in [-0.05, 0) is 37.4 Å². The molecule has 22 heavy (non-hydrogen) atoms. The van der Waals surface area contributed by atoms with Crippen molar-refractivity contribution in [2.24, 2.45) is 11.3 Å². The van der Waals surface area contributed by atoms with Crippen LogP contribution in [0.15, 0.2) is 30.6 Å². The molecule has 5 nitrogen and oxygen atoms in total. The van der Waals surface area contributed by atoms with Crippen molar-refractivity contribution in [2.75, 3.05) is 13.1 Å². The standard InChI is InChI=1S/C17H22N4O/c22-16(17-7-3-1-5-13(17)9-18-12-17)19-10-14-11-21-8-4-2-6-15(21)20-14/h2,4,6,8,11,13,18H,1,3,5,7,9-10,12H2,(H,19,22)/t13-,17+/m0/s1. The second-order valence-corrected chi connectivity index (χ2v) is 6.61. The van der Waals surface area contributed by atoms with E-state index in [2.05, 4.69) is 15.6 Å². The zero-order valence-electron chi connectivity index (χ0n) is 12.7. The third-order valence-corrected chi connectivity index (χ3v) is 5.33. The van der Waals surface area contributed by atoms with Gasteiger partial charge >= 0.3 is 0 Å². The van der Waals surface area contributed by atoms with Gasteiger partial charge in [-0.1, -0.05) is 18.9 Å². The van der Waals surface area contributed by atoms with Crippen LogP contribution in [0.2, 0.25) is 0 Å². The average molecular weight is 298 g/mol. The van der Waals surface area contributed by atoms with Crippen molar-refractivity contribution in [3.05, 3.63) is 36.3 Å². The van der Waals surface area contributed by atoms with E-state index in [-0.39, 0.29) is 11.3 Å². The van der Waals surface area contributed by atoms with Crippen LogP contribution in [0.5, 0.6) is 0 Å². The Bertz CT molecular complexity index is 662. The molecule has 3 heterocycles. The molecular weight excluding hydrogens is 276 g/mol. The number of hydrogen-bond acceptors (Lipinski definition) is 3. The minimum absolute atomic E-state index is 0.183. The number of rotatable bonds is 3. The maximum atomic E-state index is 12.8. The molecule has 0 unspecified atom stereocenters. The van der Waals surface area contributed by atoms with E-state index in [1.54, 1.807) is 0 Å². The zero-order chi connectivity index (χ0) is 15.0. The third-order valence-electron chi connectivity index (χ3n) is 5.33. The lowest BCUT2D eigenvalue weighted by Gasteiger charge is -2.37. The van der Waals surface area contributed by atoms with E-state index < -0.39 is 0 Å². The van der Waals surface area contributed by atoms with Gasteiger partial charge in [0.05, 0.1) is 17.7 Å². The van der Waals surface area contributed by atoms with Crippen LogP contribution in [0.1, 0.15) is 31.4 Å². The van der Waals surface area contributed by atoms with Crippen molar-refractivity contribution in [1.82, 2.24) is 20.0 Å². The number of nitrogens with one attached hydrogen (secondary N) is 2. The van der Waals surface area contributed by atoms with Crippen LogP contribution >= 0.6 is 0 Å². The number of amides is 1. The number of aromatic nitrogens is 2. The Morgan fingerprint density at radius 2 is 2.41 bits per heavy atom. The fraction of sp³-hybridized carbons (Fsp3) is 0.529. The smallest absolute Gasteiger partial charge is 0.228 e. The summed E-state index contributed by atoms with van der Waals surface area (Å²) < 4.78 is 1.99. The molecule has 1 amide bonds. The van der Waals surface area contributed by atoms with Crippen LogP contribution < -0.4 is 10.6 Å². The SMILES string of the molecule is O=C(NCc1cn2ccccc2n1)[C@@]12CCCC[C@H]1CNC2. The molecule has 2 aromatic rings. The number of imidazole rings is 1. The molecule has 0 radical (unpaired) electrons. The summed E-state index contributed by atoms with van der Waals surface area (Å²) in [6, 6.07) is 5.93. The molecule has 2 aliphatic rings. The topological polar surface area (TPSA) is 58.4 Å². The normalized spacial score (nSPS) is 27.7. The summed E-state index contributed by atoms with van der Waals surface area (Å²) in [5, 5.41) is 6.56. The van der Waals surface area contributed by atoms with Gasteiger partial charge in [0.25, 0.3) is 0 Å². The van der Waals surface area contributed by atoms with Gasteiger partial charge in [-0.25, -0.2) is 4.98 Å². The first-order chi connectivity index (χ1) is 10.8. The van der Waals surface area contributed by atoms with Crippen LogP contribution in [-0.2, 0) is 11.3 Å². The molecule has 5 heteroatoms. The highest BCUT2D eigenvalue weighted by Crippen LogP contribution is 2.43. The van der Waals surface area contributed by atoms with Crippen LogP contribution in [0.25, 0.3) is 5.65 Å². The molecule has 4 rings (SSSR count). The van der Waals surface area contributed by atoms with Crippen LogP contribution in [0.3, 0.4) is 0 Å². The molecule has 0 aromatic carbocycles. The first-order valence-corrected chi connectivity index (χ1v) is 8.20. The predicted molar refractivity (Wildman–Crippen MR) is 84.3 cm³/mol. The Morgan fingerprint density at radius 3 is 3.32 bits per heavy atom. The molecule has 2 aromatic heterocycles. The zero-order valence-corrected chi connectivity index (χ0v) is 12.7. The molecule has 2 atom stereocenters. The summed E-state index contributed by atoms with van der Waals surface area (Å²) in [5.41, 5.74) is 1.65. The highest BCUT2D eigenvalue weighted by molar-refractivity contribution is 5.83. The maximum absolute atomic E-state index is 12.8. The Morgan fingerprint density at radius 1 is 1.45 bits per heavy atom. The summed E-state index contributed by atoms with van der Waals surface area (Å²) in [6.45, 7) is 2.32. The van der Waals surface area contributed by atoms with Gasteiger partial charge in [0, 0.05) is 18.9 Å². The largest absolute Gasteiger partial charge is 0.350 e. The highest BCUT2D eigenvalue weighted by atomic mass is 16.2. The van der Waals surface area contributed by atoms with E-state index in [4.69, 9.17) is 0 Å². The Kier molecular flexibility index (Phi) is 3.37. The fourth-order valence-electron chi connectivity index (χ4n) is 4.11. The molecule has 0 spiro atoms. The first kappa shape index (κ1) is 13.8. The van der Waals surface area contributed by atoms with Crippen molar-refractivity contribution >= 4 is 11.6 Å². The Labute approximate surface area is 130 Å². The third kappa shape index (κ3) is 2.20. The second-order valence-electron chi connectivity index (χ2n) is 6.61. The molecular formula is C17H22N4O. The van der Waals surface area contributed by atoms with E-state index in [9.17, 15) is 4.79 Å². The molecule has 116 valence electrons. The molecule has 2 N–H and O–H groups in total.